The van der Waals surface area contributed by atoms with Crippen molar-refractivity contribution in [3.8, 4) is 0 Å². The maximum Gasteiger partial charge on any atom is 0.0233 e. The fourth-order valence-corrected chi connectivity index (χ4v) is 3.23. The molecular weight excluding hydrogens is 246 g/mol. The van der Waals surface area contributed by atoms with Crippen LogP contribution in [0.1, 0.15) is 24.0 Å². The van der Waals surface area contributed by atoms with Crippen molar-refractivity contribution in [2.75, 3.05) is 45.8 Å². The number of nitrogens with zero attached hydrogens (tertiary/aromatic N) is 2. The van der Waals surface area contributed by atoms with Crippen LogP contribution in [0.3, 0.4) is 0 Å². The third-order valence-corrected chi connectivity index (χ3v) is 4.55. The van der Waals surface area contributed by atoms with Crippen molar-refractivity contribution in [3.05, 3.63) is 35.4 Å². The molecule has 0 saturated carbocycles. The summed E-state index contributed by atoms with van der Waals surface area (Å²) in [7, 11) is 0. The van der Waals surface area contributed by atoms with E-state index in [1.807, 2.05) is 0 Å². The molecule has 2 fully saturated rings. The molecule has 0 radical (unpaired) electrons. The fraction of sp³-hybridized carbons (Fsp3) is 0.647. The van der Waals surface area contributed by atoms with E-state index in [0.29, 0.717) is 0 Å². The average molecular weight is 273 g/mol. The van der Waals surface area contributed by atoms with E-state index in [2.05, 4.69) is 39.4 Å². The summed E-state index contributed by atoms with van der Waals surface area (Å²) in [6, 6.07) is 9.30. The topological polar surface area (TPSA) is 18.5 Å². The zero-order chi connectivity index (χ0) is 13.6. The van der Waals surface area contributed by atoms with Crippen LogP contribution < -0.4 is 5.32 Å². The molecule has 1 aromatic carbocycles. The highest BCUT2D eigenvalue weighted by molar-refractivity contribution is 5.22. The Labute approximate surface area is 123 Å². The van der Waals surface area contributed by atoms with Crippen LogP contribution in [0.25, 0.3) is 0 Å². The zero-order valence-corrected chi connectivity index (χ0v) is 12.5. The summed E-state index contributed by atoms with van der Waals surface area (Å²) in [5.41, 5.74) is 2.95. The maximum atomic E-state index is 3.41. The van der Waals surface area contributed by atoms with E-state index in [-0.39, 0.29) is 0 Å². The first-order valence-corrected chi connectivity index (χ1v) is 8.13. The monoisotopic (exact) mass is 273 g/mol. The molecule has 0 amide bonds. The molecule has 3 rings (SSSR count). The van der Waals surface area contributed by atoms with Gasteiger partial charge in [0.05, 0.1) is 0 Å². The fourth-order valence-electron chi connectivity index (χ4n) is 3.23. The van der Waals surface area contributed by atoms with E-state index in [9.17, 15) is 0 Å². The van der Waals surface area contributed by atoms with Crippen LogP contribution in [-0.4, -0.2) is 55.6 Å². The zero-order valence-electron chi connectivity index (χ0n) is 12.5. The summed E-state index contributed by atoms with van der Waals surface area (Å²) >= 11 is 0. The molecular formula is C17H27N3. The van der Waals surface area contributed by atoms with Crippen molar-refractivity contribution in [3.63, 3.8) is 0 Å². The number of benzene rings is 1. The summed E-state index contributed by atoms with van der Waals surface area (Å²) in [4.78, 5) is 5.13. The van der Waals surface area contributed by atoms with E-state index < -0.39 is 0 Å². The molecule has 2 aliphatic heterocycles. The number of likely N-dealkylation sites (tertiary alicyclic amines) is 1. The largest absolute Gasteiger partial charge is 0.314 e. The van der Waals surface area contributed by atoms with Gasteiger partial charge in [-0.15, -0.1) is 0 Å². The highest BCUT2D eigenvalue weighted by Crippen LogP contribution is 2.13. The number of rotatable bonds is 5. The molecule has 0 unspecified atom stereocenters. The lowest BCUT2D eigenvalue weighted by molar-refractivity contribution is 0.244. The normalized spacial score (nSPS) is 21.4. The molecule has 3 nitrogen and oxygen atoms in total. The third kappa shape index (κ3) is 4.05. The second-order valence-electron chi connectivity index (χ2n) is 6.14. The van der Waals surface area contributed by atoms with Gasteiger partial charge in [0.25, 0.3) is 0 Å². The Morgan fingerprint density at radius 1 is 0.800 bits per heavy atom. The Hall–Kier alpha value is -0.900. The van der Waals surface area contributed by atoms with Gasteiger partial charge in [0.15, 0.2) is 0 Å². The van der Waals surface area contributed by atoms with Gasteiger partial charge in [-0.3, -0.25) is 4.90 Å². The van der Waals surface area contributed by atoms with Crippen LogP contribution >= 0.6 is 0 Å². The molecule has 3 heteroatoms. The van der Waals surface area contributed by atoms with Crippen molar-refractivity contribution in [1.82, 2.24) is 15.1 Å². The number of hydrogen-bond acceptors (Lipinski definition) is 3. The first-order chi connectivity index (χ1) is 9.90. The van der Waals surface area contributed by atoms with Crippen LogP contribution in [-0.2, 0) is 13.0 Å². The van der Waals surface area contributed by atoms with Gasteiger partial charge < -0.3 is 10.2 Å². The van der Waals surface area contributed by atoms with Crippen molar-refractivity contribution in [2.24, 2.45) is 0 Å². The summed E-state index contributed by atoms with van der Waals surface area (Å²) in [6.07, 6.45) is 3.94. The Kier molecular flexibility index (Phi) is 5.06. The van der Waals surface area contributed by atoms with Gasteiger partial charge in [-0.2, -0.15) is 0 Å². The standard InChI is InChI=1S/C17H27N3/c1-2-11-20(10-1)15-17-5-3-16(4-6-17)7-12-19-13-8-18-9-14-19/h3-6,18H,1-2,7-15H2. The minimum atomic E-state index is 1.14. The summed E-state index contributed by atoms with van der Waals surface area (Å²) in [6.45, 7) is 9.60. The molecule has 1 aromatic rings. The van der Waals surface area contributed by atoms with E-state index in [4.69, 9.17) is 0 Å². The molecule has 0 atom stereocenters. The van der Waals surface area contributed by atoms with E-state index in [1.165, 1.54) is 63.1 Å². The molecule has 2 saturated heterocycles. The molecule has 110 valence electrons. The lowest BCUT2D eigenvalue weighted by atomic mass is 10.1. The highest BCUT2D eigenvalue weighted by atomic mass is 15.2. The van der Waals surface area contributed by atoms with Gasteiger partial charge in [-0.25, -0.2) is 0 Å². The van der Waals surface area contributed by atoms with Gasteiger partial charge in [0.2, 0.25) is 0 Å². The van der Waals surface area contributed by atoms with Gasteiger partial charge in [0.1, 0.15) is 0 Å². The van der Waals surface area contributed by atoms with Crippen molar-refractivity contribution >= 4 is 0 Å². The first kappa shape index (κ1) is 14.1. The molecule has 0 aliphatic carbocycles. The summed E-state index contributed by atoms with van der Waals surface area (Å²) < 4.78 is 0. The second-order valence-corrected chi connectivity index (χ2v) is 6.14. The van der Waals surface area contributed by atoms with E-state index in [1.54, 1.807) is 0 Å². The van der Waals surface area contributed by atoms with Crippen molar-refractivity contribution in [1.29, 1.82) is 0 Å². The minimum Gasteiger partial charge on any atom is -0.314 e. The van der Waals surface area contributed by atoms with Crippen LogP contribution in [0.4, 0.5) is 0 Å². The Morgan fingerprint density at radius 2 is 1.45 bits per heavy atom. The highest BCUT2D eigenvalue weighted by Gasteiger charge is 2.12. The summed E-state index contributed by atoms with van der Waals surface area (Å²) in [5.74, 6) is 0. The summed E-state index contributed by atoms with van der Waals surface area (Å²) in [5, 5.41) is 3.41. The van der Waals surface area contributed by atoms with Crippen LogP contribution in [0, 0.1) is 0 Å². The second kappa shape index (κ2) is 7.21. The number of hydrogen-bond donors (Lipinski definition) is 1. The smallest absolute Gasteiger partial charge is 0.0233 e. The van der Waals surface area contributed by atoms with Gasteiger partial charge in [-0.1, -0.05) is 24.3 Å². The molecule has 2 aliphatic rings. The molecule has 0 bridgehead atoms. The van der Waals surface area contributed by atoms with E-state index in [0.717, 1.165) is 19.6 Å². The predicted molar refractivity (Wildman–Crippen MR) is 84.0 cm³/mol. The van der Waals surface area contributed by atoms with Crippen molar-refractivity contribution in [2.45, 2.75) is 25.8 Å². The van der Waals surface area contributed by atoms with Crippen LogP contribution in [0.2, 0.25) is 0 Å². The van der Waals surface area contributed by atoms with E-state index >= 15 is 0 Å². The first-order valence-electron chi connectivity index (χ1n) is 8.13. The SMILES string of the molecule is c1cc(CN2CCCC2)ccc1CCN1CCNCC1. The van der Waals surface area contributed by atoms with Gasteiger partial charge >= 0.3 is 0 Å². The molecule has 20 heavy (non-hydrogen) atoms. The lowest BCUT2D eigenvalue weighted by Crippen LogP contribution is -2.44. The van der Waals surface area contributed by atoms with Gasteiger partial charge in [-0.05, 0) is 43.5 Å². The lowest BCUT2D eigenvalue weighted by Gasteiger charge is -2.27. The minimum absolute atomic E-state index is 1.14. The predicted octanol–water partition coefficient (Wildman–Crippen LogP) is 1.73. The Balaban J connectivity index is 1.45. The molecule has 2 heterocycles. The molecule has 1 N–H and O–H groups in total. The number of nitrogens with one attached hydrogen (secondary N) is 1. The van der Waals surface area contributed by atoms with Crippen LogP contribution in [0.15, 0.2) is 24.3 Å². The average Bonchev–Trinajstić information content (AvgIpc) is 3.01. The third-order valence-electron chi connectivity index (χ3n) is 4.55. The van der Waals surface area contributed by atoms with Crippen LogP contribution in [0.5, 0.6) is 0 Å². The molecule has 0 aromatic heterocycles. The van der Waals surface area contributed by atoms with Gasteiger partial charge in [0, 0.05) is 39.3 Å². The Morgan fingerprint density at radius 3 is 2.15 bits per heavy atom. The number of piperazine rings is 1. The van der Waals surface area contributed by atoms with Crippen molar-refractivity contribution < 1.29 is 0 Å². The quantitative estimate of drug-likeness (QED) is 0.881. The Bertz CT molecular complexity index is 389. The maximum absolute atomic E-state index is 3.41. The molecule has 0 spiro atoms.